The molecule has 1 atom stereocenters. The molecule has 1 unspecified atom stereocenters. The second kappa shape index (κ2) is 6.00. The van der Waals surface area contributed by atoms with Gasteiger partial charge < -0.3 is 10.4 Å². The summed E-state index contributed by atoms with van der Waals surface area (Å²) in [6.45, 7) is 7.25. The van der Waals surface area contributed by atoms with E-state index in [-0.39, 0.29) is 6.42 Å². The van der Waals surface area contributed by atoms with Crippen molar-refractivity contribution in [2.75, 3.05) is 6.54 Å². The first-order chi connectivity index (χ1) is 5.52. The van der Waals surface area contributed by atoms with Crippen LogP contribution in [0.4, 0.5) is 0 Å². The van der Waals surface area contributed by atoms with E-state index in [2.05, 4.69) is 19.2 Å². The van der Waals surface area contributed by atoms with E-state index >= 15 is 0 Å². The molecule has 0 radical (unpaired) electrons. The van der Waals surface area contributed by atoms with Crippen LogP contribution in [0.25, 0.3) is 0 Å². The summed E-state index contributed by atoms with van der Waals surface area (Å²) >= 11 is 0. The van der Waals surface area contributed by atoms with Crippen LogP contribution in [0.3, 0.4) is 0 Å². The van der Waals surface area contributed by atoms with Gasteiger partial charge in [-0.1, -0.05) is 13.8 Å². The van der Waals surface area contributed by atoms with Crippen LogP contribution < -0.4 is 5.32 Å². The van der Waals surface area contributed by atoms with Crippen LogP contribution in [0.1, 0.15) is 33.6 Å². The molecule has 0 rings (SSSR count). The van der Waals surface area contributed by atoms with Crippen molar-refractivity contribution in [3.05, 3.63) is 0 Å². The Kier molecular flexibility index (Phi) is 5.72. The van der Waals surface area contributed by atoms with Crippen molar-refractivity contribution in [1.29, 1.82) is 0 Å². The molecule has 0 fully saturated rings. The first-order valence-electron chi connectivity index (χ1n) is 4.47. The molecule has 2 N–H and O–H groups in total. The molecule has 0 saturated carbocycles. The molecular formula is C9H19NO2. The lowest BCUT2D eigenvalue weighted by Gasteiger charge is -2.13. The number of aliphatic carboxylic acids is 1. The Labute approximate surface area is 74.2 Å². The standard InChI is InChI=1S/C9H19NO2/c1-7(2)6-10-8(3)4-5-9(11)12/h7-8,10H,4-6H2,1-3H3,(H,11,12). The Morgan fingerprint density at radius 3 is 2.42 bits per heavy atom. The van der Waals surface area contributed by atoms with Gasteiger partial charge >= 0.3 is 5.97 Å². The van der Waals surface area contributed by atoms with Crippen molar-refractivity contribution in [3.8, 4) is 0 Å². The summed E-state index contributed by atoms with van der Waals surface area (Å²) < 4.78 is 0. The van der Waals surface area contributed by atoms with Crippen LogP contribution in [0.2, 0.25) is 0 Å². The Morgan fingerprint density at radius 2 is 2.00 bits per heavy atom. The van der Waals surface area contributed by atoms with Crippen LogP contribution >= 0.6 is 0 Å². The summed E-state index contributed by atoms with van der Waals surface area (Å²) in [5.41, 5.74) is 0. The van der Waals surface area contributed by atoms with E-state index in [4.69, 9.17) is 5.11 Å². The van der Waals surface area contributed by atoms with Crippen molar-refractivity contribution in [2.45, 2.75) is 39.7 Å². The molecule has 0 aliphatic heterocycles. The zero-order chi connectivity index (χ0) is 9.56. The van der Waals surface area contributed by atoms with E-state index in [1.807, 2.05) is 6.92 Å². The first kappa shape index (κ1) is 11.4. The molecule has 72 valence electrons. The fourth-order valence-corrected chi connectivity index (χ4v) is 0.879. The molecule has 0 bridgehead atoms. The van der Waals surface area contributed by atoms with Crippen LogP contribution in [-0.2, 0) is 4.79 Å². The highest BCUT2D eigenvalue weighted by Crippen LogP contribution is 1.97. The maximum Gasteiger partial charge on any atom is 0.303 e. The van der Waals surface area contributed by atoms with Gasteiger partial charge in [-0.15, -0.1) is 0 Å². The van der Waals surface area contributed by atoms with Crippen molar-refractivity contribution in [3.63, 3.8) is 0 Å². The van der Waals surface area contributed by atoms with Crippen LogP contribution in [-0.4, -0.2) is 23.7 Å². The largest absolute Gasteiger partial charge is 0.481 e. The van der Waals surface area contributed by atoms with Gasteiger partial charge in [0.15, 0.2) is 0 Å². The number of carbonyl (C=O) groups is 1. The fraction of sp³-hybridized carbons (Fsp3) is 0.889. The average Bonchev–Trinajstić information content (AvgIpc) is 1.96. The summed E-state index contributed by atoms with van der Waals surface area (Å²) in [5.74, 6) is -0.0922. The quantitative estimate of drug-likeness (QED) is 0.639. The molecule has 0 heterocycles. The second-order valence-electron chi connectivity index (χ2n) is 3.64. The zero-order valence-electron chi connectivity index (χ0n) is 8.13. The lowest BCUT2D eigenvalue weighted by Crippen LogP contribution is -2.29. The van der Waals surface area contributed by atoms with E-state index in [9.17, 15) is 4.79 Å². The van der Waals surface area contributed by atoms with Gasteiger partial charge in [0.2, 0.25) is 0 Å². The molecule has 0 aromatic rings. The molecule has 0 spiro atoms. The van der Waals surface area contributed by atoms with E-state index in [0.717, 1.165) is 6.54 Å². The fourth-order valence-electron chi connectivity index (χ4n) is 0.879. The summed E-state index contributed by atoms with van der Waals surface area (Å²) in [5, 5.41) is 11.7. The smallest absolute Gasteiger partial charge is 0.303 e. The van der Waals surface area contributed by atoms with Gasteiger partial charge in [0, 0.05) is 12.5 Å². The van der Waals surface area contributed by atoms with Crippen LogP contribution in [0.5, 0.6) is 0 Å². The minimum atomic E-state index is -0.715. The predicted molar refractivity (Wildman–Crippen MR) is 49.2 cm³/mol. The number of nitrogens with one attached hydrogen (secondary N) is 1. The Morgan fingerprint density at radius 1 is 1.42 bits per heavy atom. The monoisotopic (exact) mass is 173 g/mol. The van der Waals surface area contributed by atoms with Crippen LogP contribution in [0.15, 0.2) is 0 Å². The average molecular weight is 173 g/mol. The van der Waals surface area contributed by atoms with Gasteiger partial charge in [-0.25, -0.2) is 0 Å². The highest BCUT2D eigenvalue weighted by Gasteiger charge is 2.04. The number of carboxylic acids is 1. The van der Waals surface area contributed by atoms with Crippen molar-refractivity contribution in [2.24, 2.45) is 5.92 Å². The predicted octanol–water partition coefficient (Wildman–Crippen LogP) is 1.49. The zero-order valence-corrected chi connectivity index (χ0v) is 8.13. The Balaban J connectivity index is 3.33. The lowest BCUT2D eigenvalue weighted by molar-refractivity contribution is -0.137. The third-order valence-corrected chi connectivity index (χ3v) is 1.67. The normalized spacial score (nSPS) is 13.3. The third-order valence-electron chi connectivity index (χ3n) is 1.67. The lowest BCUT2D eigenvalue weighted by atomic mass is 10.1. The van der Waals surface area contributed by atoms with Gasteiger partial charge in [-0.3, -0.25) is 4.79 Å². The molecule has 3 nitrogen and oxygen atoms in total. The van der Waals surface area contributed by atoms with Gasteiger partial charge in [-0.05, 0) is 25.8 Å². The second-order valence-corrected chi connectivity index (χ2v) is 3.64. The molecule has 12 heavy (non-hydrogen) atoms. The van der Waals surface area contributed by atoms with E-state index in [1.165, 1.54) is 0 Å². The molecule has 0 aliphatic carbocycles. The van der Waals surface area contributed by atoms with Crippen molar-refractivity contribution < 1.29 is 9.90 Å². The number of hydrogen-bond acceptors (Lipinski definition) is 2. The number of carboxylic acid groups (broad SMARTS) is 1. The number of hydrogen-bond donors (Lipinski definition) is 2. The third kappa shape index (κ3) is 7.54. The van der Waals surface area contributed by atoms with Gasteiger partial charge in [-0.2, -0.15) is 0 Å². The van der Waals surface area contributed by atoms with Crippen LogP contribution in [0, 0.1) is 5.92 Å². The summed E-state index contributed by atoms with van der Waals surface area (Å²) in [6.07, 6.45) is 0.967. The maximum atomic E-state index is 10.2. The highest BCUT2D eigenvalue weighted by molar-refractivity contribution is 5.66. The van der Waals surface area contributed by atoms with Gasteiger partial charge in [0.05, 0.1) is 0 Å². The topological polar surface area (TPSA) is 49.3 Å². The first-order valence-corrected chi connectivity index (χ1v) is 4.47. The minimum absolute atomic E-state index is 0.256. The van der Waals surface area contributed by atoms with E-state index < -0.39 is 5.97 Å². The van der Waals surface area contributed by atoms with Gasteiger partial charge in [0.25, 0.3) is 0 Å². The molecule has 3 heteroatoms. The molecular weight excluding hydrogens is 154 g/mol. The SMILES string of the molecule is CC(C)CNC(C)CCC(=O)O. The number of rotatable bonds is 6. The molecule has 0 aromatic heterocycles. The van der Waals surface area contributed by atoms with E-state index in [0.29, 0.717) is 18.4 Å². The summed E-state index contributed by atoms with van der Waals surface area (Å²) in [4.78, 5) is 10.2. The molecule has 0 saturated heterocycles. The Hall–Kier alpha value is -0.570. The van der Waals surface area contributed by atoms with Gasteiger partial charge in [0.1, 0.15) is 0 Å². The van der Waals surface area contributed by atoms with E-state index in [1.54, 1.807) is 0 Å². The summed E-state index contributed by atoms with van der Waals surface area (Å²) in [7, 11) is 0. The molecule has 0 aliphatic rings. The maximum absolute atomic E-state index is 10.2. The Bertz CT molecular complexity index is 134. The summed E-state index contributed by atoms with van der Waals surface area (Å²) in [6, 6.07) is 0.309. The minimum Gasteiger partial charge on any atom is -0.481 e. The molecule has 0 aromatic carbocycles. The highest BCUT2D eigenvalue weighted by atomic mass is 16.4. The molecule has 0 amide bonds. The van der Waals surface area contributed by atoms with Crippen molar-refractivity contribution >= 4 is 5.97 Å². The van der Waals surface area contributed by atoms with Crippen molar-refractivity contribution in [1.82, 2.24) is 5.32 Å².